The van der Waals surface area contributed by atoms with Crippen LogP contribution in [0.1, 0.15) is 11.3 Å². The number of aromatic nitrogens is 3. The van der Waals surface area contributed by atoms with E-state index in [4.69, 9.17) is 9.40 Å². The molecule has 0 bridgehead atoms. The maximum Gasteiger partial charge on any atom is 0.136 e. The van der Waals surface area contributed by atoms with Crippen molar-refractivity contribution in [3.05, 3.63) is 103 Å². The summed E-state index contributed by atoms with van der Waals surface area (Å²) in [6, 6.07) is 24.4. The molecule has 3 aromatic carbocycles. The lowest BCUT2D eigenvalue weighted by Gasteiger charge is -2.09. The molecule has 154 valence electrons. The Labute approximate surface area is 189 Å². The predicted octanol–water partition coefficient (Wildman–Crippen LogP) is 7.35. The quantitative estimate of drug-likeness (QED) is 0.279. The third-order valence-corrected chi connectivity index (χ3v) is 6.23. The Balaban J connectivity index is 1.50. The standard InChI is InChI=1S/C29H17N3O/c1-2-15-30-22(9-1)21-8-5-16-31-23(21)13-11-18-12-14-25-28-26(18)29-20(7-4-17-32-29)19-6-3-10-24(33-25)27(19)28/h1-17H/b13-11+. The molecule has 33 heavy (non-hydrogen) atoms. The summed E-state index contributed by atoms with van der Waals surface area (Å²) >= 11 is 0. The number of hydrogen-bond acceptors (Lipinski definition) is 4. The Morgan fingerprint density at radius 2 is 1.42 bits per heavy atom. The van der Waals surface area contributed by atoms with Gasteiger partial charge in [0.1, 0.15) is 11.2 Å². The van der Waals surface area contributed by atoms with E-state index in [0.717, 1.165) is 60.7 Å². The minimum atomic E-state index is 0.873. The van der Waals surface area contributed by atoms with Gasteiger partial charge in [0.2, 0.25) is 0 Å². The molecule has 0 radical (unpaired) electrons. The molecule has 0 spiro atoms. The van der Waals surface area contributed by atoms with Crippen molar-refractivity contribution in [3.8, 4) is 11.3 Å². The molecule has 0 saturated carbocycles. The molecule has 0 atom stereocenters. The summed E-state index contributed by atoms with van der Waals surface area (Å²) in [5, 5.41) is 5.69. The highest BCUT2D eigenvalue weighted by molar-refractivity contribution is 6.33. The van der Waals surface area contributed by atoms with Crippen LogP contribution < -0.4 is 0 Å². The van der Waals surface area contributed by atoms with Gasteiger partial charge in [0.25, 0.3) is 0 Å². The van der Waals surface area contributed by atoms with E-state index in [1.165, 1.54) is 5.39 Å². The summed E-state index contributed by atoms with van der Waals surface area (Å²) in [6.45, 7) is 0. The number of furan rings is 1. The molecule has 0 aliphatic carbocycles. The third-order valence-electron chi connectivity index (χ3n) is 6.23. The highest BCUT2D eigenvalue weighted by atomic mass is 16.3. The second kappa shape index (κ2) is 6.97. The Hall–Kier alpha value is -4.57. The Bertz CT molecular complexity index is 1820. The first-order chi connectivity index (χ1) is 16.4. The van der Waals surface area contributed by atoms with E-state index < -0.39 is 0 Å². The minimum absolute atomic E-state index is 0.873. The van der Waals surface area contributed by atoms with Gasteiger partial charge in [-0.3, -0.25) is 15.0 Å². The molecule has 0 amide bonds. The fourth-order valence-electron chi connectivity index (χ4n) is 4.82. The van der Waals surface area contributed by atoms with Crippen LogP contribution in [-0.4, -0.2) is 15.0 Å². The molecule has 0 aliphatic rings. The van der Waals surface area contributed by atoms with Gasteiger partial charge in [-0.15, -0.1) is 0 Å². The van der Waals surface area contributed by atoms with Crippen LogP contribution >= 0.6 is 0 Å². The van der Waals surface area contributed by atoms with Gasteiger partial charge in [-0.05, 0) is 59.5 Å². The van der Waals surface area contributed by atoms with Crippen LogP contribution in [-0.2, 0) is 0 Å². The predicted molar refractivity (Wildman–Crippen MR) is 134 cm³/mol. The van der Waals surface area contributed by atoms with Gasteiger partial charge in [-0.25, -0.2) is 0 Å². The highest BCUT2D eigenvalue weighted by Crippen LogP contribution is 2.43. The topological polar surface area (TPSA) is 51.8 Å². The molecule has 7 aromatic rings. The van der Waals surface area contributed by atoms with Crippen molar-refractivity contribution in [2.75, 3.05) is 0 Å². The van der Waals surface area contributed by atoms with Crippen LogP contribution in [0.3, 0.4) is 0 Å². The number of pyridine rings is 3. The van der Waals surface area contributed by atoms with Crippen LogP contribution in [0.25, 0.3) is 67.0 Å². The van der Waals surface area contributed by atoms with Crippen molar-refractivity contribution in [1.29, 1.82) is 0 Å². The third kappa shape index (κ3) is 2.68. The summed E-state index contributed by atoms with van der Waals surface area (Å²) in [5.74, 6) is 0. The summed E-state index contributed by atoms with van der Waals surface area (Å²) in [7, 11) is 0. The summed E-state index contributed by atoms with van der Waals surface area (Å²) in [6.07, 6.45) is 9.65. The maximum atomic E-state index is 6.21. The van der Waals surface area contributed by atoms with Crippen molar-refractivity contribution in [2.45, 2.75) is 0 Å². The molecule has 0 unspecified atom stereocenters. The van der Waals surface area contributed by atoms with Gasteiger partial charge in [-0.1, -0.05) is 36.4 Å². The Kier molecular flexibility index (Phi) is 3.81. The van der Waals surface area contributed by atoms with E-state index in [0.29, 0.717) is 0 Å². The van der Waals surface area contributed by atoms with Crippen molar-refractivity contribution in [2.24, 2.45) is 0 Å². The van der Waals surface area contributed by atoms with Gasteiger partial charge < -0.3 is 4.42 Å². The molecule has 0 aliphatic heterocycles. The number of hydrogen-bond donors (Lipinski definition) is 0. The van der Waals surface area contributed by atoms with Gasteiger partial charge in [0.15, 0.2) is 0 Å². The molecule has 0 N–H and O–H groups in total. The lowest BCUT2D eigenvalue weighted by molar-refractivity contribution is 0.669. The number of rotatable bonds is 3. The zero-order valence-electron chi connectivity index (χ0n) is 17.6. The molecule has 4 heteroatoms. The first-order valence-electron chi connectivity index (χ1n) is 10.9. The SMILES string of the molecule is C(=C\c1ccc2oc3cccc4c5cccnc5c1c2c34)/c1ncccc1-c1ccccn1. The fourth-order valence-corrected chi connectivity index (χ4v) is 4.82. The monoisotopic (exact) mass is 423 g/mol. The molecule has 4 aromatic heterocycles. The molecular formula is C29H17N3O. The number of nitrogens with zero attached hydrogens (tertiary/aromatic N) is 3. The smallest absolute Gasteiger partial charge is 0.136 e. The largest absolute Gasteiger partial charge is 0.456 e. The first-order valence-corrected chi connectivity index (χ1v) is 10.9. The van der Waals surface area contributed by atoms with Crippen LogP contribution in [0.5, 0.6) is 0 Å². The van der Waals surface area contributed by atoms with Crippen molar-refractivity contribution < 1.29 is 4.42 Å². The highest BCUT2D eigenvalue weighted by Gasteiger charge is 2.19. The van der Waals surface area contributed by atoms with Gasteiger partial charge in [0.05, 0.1) is 16.9 Å². The number of fused-ring (bicyclic) bond motifs is 3. The van der Waals surface area contributed by atoms with Gasteiger partial charge >= 0.3 is 0 Å². The first kappa shape index (κ1) is 18.0. The van der Waals surface area contributed by atoms with Crippen LogP contribution in [0.2, 0.25) is 0 Å². The van der Waals surface area contributed by atoms with Gasteiger partial charge in [0, 0.05) is 45.7 Å². The van der Waals surface area contributed by atoms with E-state index in [2.05, 4.69) is 46.4 Å². The van der Waals surface area contributed by atoms with Crippen molar-refractivity contribution in [3.63, 3.8) is 0 Å². The second-order valence-electron chi connectivity index (χ2n) is 8.07. The minimum Gasteiger partial charge on any atom is -0.456 e. The van der Waals surface area contributed by atoms with E-state index in [1.54, 1.807) is 6.20 Å². The van der Waals surface area contributed by atoms with Crippen molar-refractivity contribution in [1.82, 2.24) is 15.0 Å². The molecule has 4 nitrogen and oxygen atoms in total. The average Bonchev–Trinajstić information content (AvgIpc) is 3.27. The fraction of sp³-hybridized carbons (Fsp3) is 0. The lowest BCUT2D eigenvalue weighted by atomic mass is 9.94. The van der Waals surface area contributed by atoms with Gasteiger partial charge in [-0.2, -0.15) is 0 Å². The molecular weight excluding hydrogens is 406 g/mol. The normalized spacial score (nSPS) is 12.1. The molecule has 7 rings (SSSR count). The lowest BCUT2D eigenvalue weighted by Crippen LogP contribution is -1.90. The van der Waals surface area contributed by atoms with E-state index in [1.807, 2.05) is 60.9 Å². The van der Waals surface area contributed by atoms with E-state index in [-0.39, 0.29) is 0 Å². The van der Waals surface area contributed by atoms with Crippen molar-refractivity contribution >= 4 is 55.8 Å². The van der Waals surface area contributed by atoms with Crippen LogP contribution in [0.4, 0.5) is 0 Å². The summed E-state index contributed by atoms with van der Waals surface area (Å²) in [5.41, 5.74) is 6.62. The molecule has 4 heterocycles. The average molecular weight is 423 g/mol. The Morgan fingerprint density at radius 1 is 0.576 bits per heavy atom. The molecule has 0 saturated heterocycles. The van der Waals surface area contributed by atoms with Crippen LogP contribution in [0.15, 0.2) is 95.8 Å². The van der Waals surface area contributed by atoms with Crippen LogP contribution in [0, 0.1) is 0 Å². The summed E-state index contributed by atoms with van der Waals surface area (Å²) in [4.78, 5) is 13.9. The maximum absolute atomic E-state index is 6.21. The second-order valence-corrected chi connectivity index (χ2v) is 8.07. The van der Waals surface area contributed by atoms with E-state index in [9.17, 15) is 0 Å². The number of benzene rings is 3. The summed E-state index contributed by atoms with van der Waals surface area (Å²) < 4.78 is 6.21. The van der Waals surface area contributed by atoms with E-state index >= 15 is 0 Å². The molecule has 0 fully saturated rings. The zero-order chi connectivity index (χ0) is 21.8. The Morgan fingerprint density at radius 3 is 2.36 bits per heavy atom. The zero-order valence-corrected chi connectivity index (χ0v) is 17.6.